The molecule has 1 unspecified atom stereocenters. The van der Waals surface area contributed by atoms with Crippen molar-refractivity contribution >= 4 is 23.1 Å². The number of carbonyl (C=O) groups excluding carboxylic acids is 1. The molecule has 0 rings (SSSR count). The molecule has 2 N–H and O–H groups in total. The van der Waals surface area contributed by atoms with Crippen molar-refractivity contribution in [1.29, 1.82) is 0 Å². The lowest BCUT2D eigenvalue weighted by Gasteiger charge is -2.25. The van der Waals surface area contributed by atoms with Crippen LogP contribution in [0.2, 0.25) is 0 Å². The van der Waals surface area contributed by atoms with E-state index in [1.54, 1.807) is 11.9 Å². The van der Waals surface area contributed by atoms with Crippen molar-refractivity contribution in [1.82, 2.24) is 4.90 Å². The van der Waals surface area contributed by atoms with Gasteiger partial charge in [-0.2, -0.15) is 0 Å². The van der Waals surface area contributed by atoms with Crippen LogP contribution in [0.5, 0.6) is 0 Å². The lowest BCUT2D eigenvalue weighted by molar-refractivity contribution is -0.133. The number of thiocarbonyl (C=S) groups is 1. The Morgan fingerprint density at radius 2 is 2.00 bits per heavy atom. The van der Waals surface area contributed by atoms with E-state index >= 15 is 0 Å². The fourth-order valence-electron chi connectivity index (χ4n) is 0.998. The Morgan fingerprint density at radius 1 is 1.54 bits per heavy atom. The first-order chi connectivity index (χ1) is 5.91. The van der Waals surface area contributed by atoms with Crippen LogP contribution in [0.25, 0.3) is 0 Å². The topological polar surface area (TPSA) is 46.3 Å². The Bertz CT molecular complexity index is 204. The van der Waals surface area contributed by atoms with Gasteiger partial charge in [0.05, 0.1) is 10.9 Å². The van der Waals surface area contributed by atoms with Crippen LogP contribution in [0, 0.1) is 5.92 Å². The summed E-state index contributed by atoms with van der Waals surface area (Å²) in [5.41, 5.74) is 5.47. The number of carbonyl (C=O) groups is 1. The highest BCUT2D eigenvalue weighted by Crippen LogP contribution is 2.09. The van der Waals surface area contributed by atoms with Gasteiger partial charge in [-0.3, -0.25) is 4.79 Å². The monoisotopic (exact) mass is 202 g/mol. The molecule has 0 aliphatic carbocycles. The summed E-state index contributed by atoms with van der Waals surface area (Å²) < 4.78 is 0. The van der Waals surface area contributed by atoms with Crippen molar-refractivity contribution in [2.24, 2.45) is 11.7 Å². The molecule has 3 nitrogen and oxygen atoms in total. The van der Waals surface area contributed by atoms with Gasteiger partial charge in [0.15, 0.2) is 0 Å². The maximum absolute atomic E-state index is 11.7. The Balaban J connectivity index is 4.46. The Hall–Kier alpha value is -0.640. The number of hydrogen-bond donors (Lipinski definition) is 1. The SMILES string of the molecule is CCC(C(=O)N(C)C(C)C)C(N)=S. The van der Waals surface area contributed by atoms with Gasteiger partial charge in [-0.05, 0) is 20.3 Å². The van der Waals surface area contributed by atoms with E-state index in [2.05, 4.69) is 0 Å². The van der Waals surface area contributed by atoms with Crippen molar-refractivity contribution in [2.75, 3.05) is 7.05 Å². The number of nitrogens with two attached hydrogens (primary N) is 1. The summed E-state index contributed by atoms with van der Waals surface area (Å²) in [6, 6.07) is 0.191. The van der Waals surface area contributed by atoms with E-state index in [0.29, 0.717) is 11.4 Å². The first kappa shape index (κ1) is 12.4. The summed E-state index contributed by atoms with van der Waals surface area (Å²) in [4.78, 5) is 13.7. The molecular formula is C9H18N2OS. The van der Waals surface area contributed by atoms with Crippen LogP contribution >= 0.6 is 12.2 Å². The van der Waals surface area contributed by atoms with Crippen molar-refractivity contribution < 1.29 is 4.79 Å². The normalized spacial score (nSPS) is 12.7. The van der Waals surface area contributed by atoms with Crippen LogP contribution in [0.4, 0.5) is 0 Å². The van der Waals surface area contributed by atoms with Crippen LogP contribution < -0.4 is 5.73 Å². The van der Waals surface area contributed by atoms with Crippen LogP contribution in [0.3, 0.4) is 0 Å². The zero-order chi connectivity index (χ0) is 10.6. The van der Waals surface area contributed by atoms with Gasteiger partial charge in [-0.25, -0.2) is 0 Å². The molecule has 1 atom stereocenters. The third kappa shape index (κ3) is 3.30. The highest BCUT2D eigenvalue weighted by Gasteiger charge is 2.23. The maximum atomic E-state index is 11.7. The molecule has 0 fully saturated rings. The Morgan fingerprint density at radius 3 is 2.23 bits per heavy atom. The molecule has 1 amide bonds. The smallest absolute Gasteiger partial charge is 0.232 e. The minimum Gasteiger partial charge on any atom is -0.393 e. The zero-order valence-corrected chi connectivity index (χ0v) is 9.52. The molecule has 76 valence electrons. The molecule has 0 aromatic carbocycles. The molecule has 0 aromatic heterocycles. The molecule has 0 saturated carbocycles. The van der Waals surface area contributed by atoms with Gasteiger partial charge in [0.2, 0.25) is 5.91 Å². The van der Waals surface area contributed by atoms with Crippen LogP contribution in [0.15, 0.2) is 0 Å². The lowest BCUT2D eigenvalue weighted by Crippen LogP contribution is -2.42. The molecule has 0 aromatic rings. The summed E-state index contributed by atoms with van der Waals surface area (Å²) in [6.45, 7) is 5.84. The van der Waals surface area contributed by atoms with Gasteiger partial charge in [0.25, 0.3) is 0 Å². The standard InChI is InChI=1S/C9H18N2OS/c1-5-7(8(10)13)9(12)11(4)6(2)3/h6-7H,5H2,1-4H3,(H2,10,13). The minimum atomic E-state index is -0.303. The average molecular weight is 202 g/mol. The number of hydrogen-bond acceptors (Lipinski definition) is 2. The second kappa shape index (κ2) is 5.17. The van der Waals surface area contributed by atoms with Gasteiger partial charge >= 0.3 is 0 Å². The second-order valence-corrected chi connectivity index (χ2v) is 3.88. The molecule has 0 spiro atoms. The molecule has 0 heterocycles. The van der Waals surface area contributed by atoms with Crippen molar-refractivity contribution in [2.45, 2.75) is 33.2 Å². The van der Waals surface area contributed by atoms with Gasteiger partial charge in [-0.1, -0.05) is 19.1 Å². The van der Waals surface area contributed by atoms with Crippen molar-refractivity contribution in [3.8, 4) is 0 Å². The van der Waals surface area contributed by atoms with E-state index < -0.39 is 0 Å². The zero-order valence-electron chi connectivity index (χ0n) is 8.70. The Labute approximate surface area is 85.3 Å². The predicted octanol–water partition coefficient (Wildman–Crippen LogP) is 1.17. The molecule has 0 aliphatic heterocycles. The molecule has 4 heteroatoms. The first-order valence-electron chi connectivity index (χ1n) is 4.47. The van der Waals surface area contributed by atoms with Gasteiger partial charge < -0.3 is 10.6 Å². The molecule has 0 aliphatic rings. The van der Waals surface area contributed by atoms with Gasteiger partial charge in [0.1, 0.15) is 0 Å². The highest BCUT2D eigenvalue weighted by molar-refractivity contribution is 7.80. The molecular weight excluding hydrogens is 184 g/mol. The third-order valence-electron chi connectivity index (χ3n) is 2.17. The molecule has 0 saturated heterocycles. The predicted molar refractivity (Wildman–Crippen MR) is 58.5 cm³/mol. The number of nitrogens with zero attached hydrogens (tertiary/aromatic N) is 1. The quantitative estimate of drug-likeness (QED) is 0.696. The highest BCUT2D eigenvalue weighted by atomic mass is 32.1. The van der Waals surface area contributed by atoms with Gasteiger partial charge in [0, 0.05) is 13.1 Å². The maximum Gasteiger partial charge on any atom is 0.232 e. The molecule has 13 heavy (non-hydrogen) atoms. The summed E-state index contributed by atoms with van der Waals surface area (Å²) in [5.74, 6) is -0.285. The second-order valence-electron chi connectivity index (χ2n) is 3.41. The molecule has 0 bridgehead atoms. The van der Waals surface area contributed by atoms with E-state index in [1.165, 1.54) is 0 Å². The fourth-order valence-corrected chi connectivity index (χ4v) is 1.27. The summed E-state index contributed by atoms with van der Waals surface area (Å²) in [6.07, 6.45) is 0.672. The van der Waals surface area contributed by atoms with E-state index in [9.17, 15) is 4.79 Å². The molecule has 0 radical (unpaired) electrons. The number of amides is 1. The van der Waals surface area contributed by atoms with Crippen LogP contribution in [0.1, 0.15) is 27.2 Å². The van der Waals surface area contributed by atoms with E-state index in [-0.39, 0.29) is 17.9 Å². The van der Waals surface area contributed by atoms with E-state index in [1.807, 2.05) is 20.8 Å². The summed E-state index contributed by atoms with van der Waals surface area (Å²) in [5, 5.41) is 0. The summed E-state index contributed by atoms with van der Waals surface area (Å²) in [7, 11) is 1.77. The summed E-state index contributed by atoms with van der Waals surface area (Å²) >= 11 is 4.83. The van der Waals surface area contributed by atoms with Crippen molar-refractivity contribution in [3.05, 3.63) is 0 Å². The first-order valence-corrected chi connectivity index (χ1v) is 4.88. The van der Waals surface area contributed by atoms with E-state index in [4.69, 9.17) is 18.0 Å². The third-order valence-corrected chi connectivity index (χ3v) is 2.46. The van der Waals surface area contributed by atoms with E-state index in [0.717, 1.165) is 0 Å². The van der Waals surface area contributed by atoms with Crippen LogP contribution in [-0.4, -0.2) is 28.9 Å². The Kier molecular flexibility index (Phi) is 4.91. The minimum absolute atomic E-state index is 0.0185. The van der Waals surface area contributed by atoms with Gasteiger partial charge in [-0.15, -0.1) is 0 Å². The fraction of sp³-hybridized carbons (Fsp3) is 0.778. The lowest BCUT2D eigenvalue weighted by atomic mass is 10.0. The van der Waals surface area contributed by atoms with Crippen LogP contribution in [-0.2, 0) is 4.79 Å². The largest absolute Gasteiger partial charge is 0.393 e. The van der Waals surface area contributed by atoms with Crippen molar-refractivity contribution in [3.63, 3.8) is 0 Å². The average Bonchev–Trinajstić information content (AvgIpc) is 2.03. The number of rotatable bonds is 4.